The van der Waals surface area contributed by atoms with Gasteiger partial charge in [0, 0.05) is 24.4 Å². The predicted octanol–water partition coefficient (Wildman–Crippen LogP) is 2.74. The SMILES string of the molecule is COc1ccc(OCc2ccnc3c2N=CC3)c(C=O)c1. The third-order valence-electron chi connectivity index (χ3n) is 3.32. The van der Waals surface area contributed by atoms with Crippen molar-refractivity contribution in [2.24, 2.45) is 4.99 Å². The lowest BCUT2D eigenvalue weighted by atomic mass is 10.2. The number of aromatic nitrogens is 1. The van der Waals surface area contributed by atoms with Gasteiger partial charge in [0.05, 0.1) is 24.1 Å². The standard InChI is InChI=1S/C16H14N2O3/c1-20-13-2-3-15(12(8-13)9-19)21-10-11-4-6-17-14-5-7-18-16(11)14/h2-4,6-9H,5,10H2,1H3. The van der Waals surface area contributed by atoms with Crippen molar-refractivity contribution in [1.82, 2.24) is 4.98 Å². The van der Waals surface area contributed by atoms with Crippen molar-refractivity contribution in [2.75, 3.05) is 7.11 Å². The van der Waals surface area contributed by atoms with Crippen LogP contribution in [0.25, 0.3) is 0 Å². The van der Waals surface area contributed by atoms with Gasteiger partial charge in [-0.2, -0.15) is 0 Å². The van der Waals surface area contributed by atoms with Crippen LogP contribution >= 0.6 is 0 Å². The van der Waals surface area contributed by atoms with E-state index in [0.717, 1.165) is 29.7 Å². The second kappa shape index (κ2) is 5.75. The molecule has 0 atom stereocenters. The third kappa shape index (κ3) is 2.63. The lowest BCUT2D eigenvalue weighted by Crippen LogP contribution is -2.00. The highest BCUT2D eigenvalue weighted by Crippen LogP contribution is 2.29. The maximum atomic E-state index is 11.1. The van der Waals surface area contributed by atoms with Crippen molar-refractivity contribution in [3.8, 4) is 11.5 Å². The van der Waals surface area contributed by atoms with E-state index in [1.165, 1.54) is 0 Å². The molecule has 5 heteroatoms. The summed E-state index contributed by atoms with van der Waals surface area (Å²) in [6, 6.07) is 7.02. The fourth-order valence-corrected chi connectivity index (χ4v) is 2.22. The molecule has 2 heterocycles. The van der Waals surface area contributed by atoms with Gasteiger partial charge in [-0.1, -0.05) is 0 Å². The van der Waals surface area contributed by atoms with Gasteiger partial charge in [0.15, 0.2) is 6.29 Å². The van der Waals surface area contributed by atoms with E-state index < -0.39 is 0 Å². The second-order valence-corrected chi connectivity index (χ2v) is 4.59. The number of hydrogen-bond donors (Lipinski definition) is 0. The number of rotatable bonds is 5. The maximum Gasteiger partial charge on any atom is 0.153 e. The van der Waals surface area contributed by atoms with Crippen LogP contribution in [0.5, 0.6) is 11.5 Å². The fourth-order valence-electron chi connectivity index (χ4n) is 2.22. The summed E-state index contributed by atoms with van der Waals surface area (Å²) in [5.41, 5.74) is 3.25. The van der Waals surface area contributed by atoms with Gasteiger partial charge in [0.25, 0.3) is 0 Å². The minimum atomic E-state index is 0.343. The molecule has 21 heavy (non-hydrogen) atoms. The molecule has 0 amide bonds. The first-order valence-corrected chi connectivity index (χ1v) is 6.57. The van der Waals surface area contributed by atoms with Gasteiger partial charge in [0.2, 0.25) is 0 Å². The van der Waals surface area contributed by atoms with Crippen LogP contribution in [0, 0.1) is 0 Å². The Kier molecular flexibility index (Phi) is 3.64. The number of aliphatic imine (C=N–C) groups is 1. The Morgan fingerprint density at radius 2 is 2.24 bits per heavy atom. The number of pyridine rings is 1. The van der Waals surface area contributed by atoms with Gasteiger partial charge in [-0.3, -0.25) is 14.8 Å². The van der Waals surface area contributed by atoms with Crippen molar-refractivity contribution in [2.45, 2.75) is 13.0 Å². The molecule has 0 radical (unpaired) electrons. The predicted molar refractivity (Wildman–Crippen MR) is 78.8 cm³/mol. The molecule has 5 nitrogen and oxygen atoms in total. The second-order valence-electron chi connectivity index (χ2n) is 4.59. The zero-order valence-electron chi connectivity index (χ0n) is 11.6. The lowest BCUT2D eigenvalue weighted by molar-refractivity contribution is 0.111. The Morgan fingerprint density at radius 1 is 1.33 bits per heavy atom. The summed E-state index contributed by atoms with van der Waals surface area (Å²) in [5, 5.41) is 0. The van der Waals surface area contributed by atoms with Crippen molar-refractivity contribution >= 4 is 18.2 Å². The van der Waals surface area contributed by atoms with Crippen LogP contribution in [0.3, 0.4) is 0 Å². The van der Waals surface area contributed by atoms with E-state index in [-0.39, 0.29) is 0 Å². The van der Waals surface area contributed by atoms with Gasteiger partial charge in [-0.05, 0) is 24.3 Å². The molecule has 0 N–H and O–H groups in total. The van der Waals surface area contributed by atoms with Crippen LogP contribution in [0.2, 0.25) is 0 Å². The number of benzene rings is 1. The average Bonchev–Trinajstić information content (AvgIpc) is 3.01. The number of hydrogen-bond acceptors (Lipinski definition) is 5. The molecule has 0 saturated heterocycles. The van der Waals surface area contributed by atoms with Crippen LogP contribution in [-0.2, 0) is 13.0 Å². The molecule has 0 aliphatic carbocycles. The maximum absolute atomic E-state index is 11.1. The molecular formula is C16H14N2O3. The first-order valence-electron chi connectivity index (χ1n) is 6.57. The van der Waals surface area contributed by atoms with Gasteiger partial charge >= 0.3 is 0 Å². The van der Waals surface area contributed by atoms with E-state index in [1.54, 1.807) is 31.5 Å². The van der Waals surface area contributed by atoms with Gasteiger partial charge in [-0.25, -0.2) is 0 Å². The normalized spacial score (nSPS) is 12.0. The molecule has 0 bridgehead atoms. The van der Waals surface area contributed by atoms with Crippen molar-refractivity contribution in [1.29, 1.82) is 0 Å². The number of carbonyl (C=O) groups excluding carboxylic acids is 1. The molecule has 0 spiro atoms. The molecule has 106 valence electrons. The Hall–Kier alpha value is -2.69. The molecule has 1 aromatic heterocycles. The van der Waals surface area contributed by atoms with E-state index in [9.17, 15) is 4.79 Å². The van der Waals surface area contributed by atoms with E-state index in [2.05, 4.69) is 9.98 Å². The molecule has 0 fully saturated rings. The highest BCUT2D eigenvalue weighted by atomic mass is 16.5. The Labute approximate surface area is 122 Å². The molecule has 0 saturated carbocycles. The van der Waals surface area contributed by atoms with Gasteiger partial charge in [0.1, 0.15) is 18.1 Å². The van der Waals surface area contributed by atoms with Crippen molar-refractivity contribution < 1.29 is 14.3 Å². The summed E-state index contributed by atoms with van der Waals surface area (Å²) >= 11 is 0. The van der Waals surface area contributed by atoms with Gasteiger partial charge < -0.3 is 9.47 Å². The summed E-state index contributed by atoms with van der Waals surface area (Å²) < 4.78 is 10.8. The molecule has 2 aromatic rings. The number of ether oxygens (including phenoxy) is 2. The molecule has 1 aromatic carbocycles. The lowest BCUT2D eigenvalue weighted by Gasteiger charge is -2.11. The summed E-state index contributed by atoms with van der Waals surface area (Å²) in [4.78, 5) is 19.7. The minimum Gasteiger partial charge on any atom is -0.497 e. The average molecular weight is 282 g/mol. The van der Waals surface area contributed by atoms with Crippen molar-refractivity contribution in [3.63, 3.8) is 0 Å². The molecular weight excluding hydrogens is 268 g/mol. The smallest absolute Gasteiger partial charge is 0.153 e. The topological polar surface area (TPSA) is 60.8 Å². The number of fused-ring (bicyclic) bond motifs is 1. The Bertz CT molecular complexity index is 711. The molecule has 1 aliphatic rings. The van der Waals surface area contributed by atoms with Crippen LogP contribution in [0.1, 0.15) is 21.6 Å². The van der Waals surface area contributed by atoms with E-state index in [4.69, 9.17) is 9.47 Å². The number of nitrogens with zero attached hydrogens (tertiary/aromatic N) is 2. The zero-order chi connectivity index (χ0) is 14.7. The first kappa shape index (κ1) is 13.3. The quantitative estimate of drug-likeness (QED) is 0.791. The van der Waals surface area contributed by atoms with Crippen LogP contribution in [-0.4, -0.2) is 24.6 Å². The fraction of sp³-hybridized carbons (Fsp3) is 0.188. The highest BCUT2D eigenvalue weighted by molar-refractivity contribution is 5.80. The van der Waals surface area contributed by atoms with Crippen LogP contribution < -0.4 is 9.47 Å². The van der Waals surface area contributed by atoms with E-state index >= 15 is 0 Å². The monoisotopic (exact) mass is 282 g/mol. The highest BCUT2D eigenvalue weighted by Gasteiger charge is 2.13. The molecule has 1 aliphatic heterocycles. The Morgan fingerprint density at radius 3 is 3.05 bits per heavy atom. The zero-order valence-corrected chi connectivity index (χ0v) is 11.6. The van der Waals surface area contributed by atoms with E-state index in [1.807, 2.05) is 12.3 Å². The first-order chi connectivity index (χ1) is 10.3. The summed E-state index contributed by atoms with van der Waals surface area (Å²) in [7, 11) is 1.56. The number of methoxy groups -OCH3 is 1. The molecule has 3 rings (SSSR count). The van der Waals surface area contributed by atoms with Gasteiger partial charge in [-0.15, -0.1) is 0 Å². The van der Waals surface area contributed by atoms with E-state index in [0.29, 0.717) is 23.7 Å². The minimum absolute atomic E-state index is 0.343. The Balaban J connectivity index is 1.81. The summed E-state index contributed by atoms with van der Waals surface area (Å²) in [5.74, 6) is 1.15. The third-order valence-corrected chi connectivity index (χ3v) is 3.32. The largest absolute Gasteiger partial charge is 0.497 e. The van der Waals surface area contributed by atoms with Crippen LogP contribution in [0.15, 0.2) is 35.5 Å². The summed E-state index contributed by atoms with van der Waals surface area (Å²) in [6.07, 6.45) is 5.10. The summed E-state index contributed by atoms with van der Waals surface area (Å²) in [6.45, 7) is 0.343. The van der Waals surface area contributed by atoms with Crippen LogP contribution in [0.4, 0.5) is 5.69 Å². The van der Waals surface area contributed by atoms with Crippen molar-refractivity contribution in [3.05, 3.63) is 47.3 Å². The number of carbonyl (C=O) groups is 1. The molecule has 0 unspecified atom stereocenters. The number of aldehydes is 1.